The van der Waals surface area contributed by atoms with Gasteiger partial charge in [-0.05, 0) is 85.8 Å². The number of carbonyl (C=O) groups excluding carboxylic acids is 1. The Labute approximate surface area is 212 Å². The molecule has 0 atom stereocenters. The van der Waals surface area contributed by atoms with Gasteiger partial charge in [0.1, 0.15) is 4.90 Å². The molecule has 0 bridgehead atoms. The molecule has 5 rings (SSSR count). The summed E-state index contributed by atoms with van der Waals surface area (Å²) in [4.78, 5) is 21.7. The highest BCUT2D eigenvalue weighted by molar-refractivity contribution is 7.92. The summed E-state index contributed by atoms with van der Waals surface area (Å²) in [6.07, 6.45) is 3.33. The number of aliphatic imine (C=N–C) groups is 1. The Morgan fingerprint density at radius 3 is 2.39 bits per heavy atom. The number of carbonyl (C=O) groups is 1. The van der Waals surface area contributed by atoms with Crippen molar-refractivity contribution < 1.29 is 13.2 Å². The SMILES string of the molecule is Cc1ccc(N2CCN(C(=O)c3ccc(NS(=O)(=O)c4cccc5c4N=CCC5)cc3)CC2)cc1C. The second kappa shape index (κ2) is 9.78. The van der Waals surface area contributed by atoms with Crippen molar-refractivity contribution in [2.45, 2.75) is 31.6 Å². The van der Waals surface area contributed by atoms with Crippen LogP contribution in [0.1, 0.15) is 33.5 Å². The van der Waals surface area contributed by atoms with E-state index in [4.69, 9.17) is 0 Å². The molecule has 1 fully saturated rings. The Morgan fingerprint density at radius 1 is 0.917 bits per heavy atom. The molecule has 0 saturated carbocycles. The topological polar surface area (TPSA) is 82.1 Å². The molecule has 2 heterocycles. The van der Waals surface area contributed by atoms with Crippen molar-refractivity contribution in [2.75, 3.05) is 35.8 Å². The van der Waals surface area contributed by atoms with Crippen LogP contribution in [0.3, 0.4) is 0 Å². The normalized spacial score (nSPS) is 15.5. The summed E-state index contributed by atoms with van der Waals surface area (Å²) in [6.45, 7) is 7.05. The van der Waals surface area contributed by atoms with Crippen LogP contribution in [0.15, 0.2) is 70.6 Å². The summed E-state index contributed by atoms with van der Waals surface area (Å²) in [5.41, 5.74) is 6.11. The lowest BCUT2D eigenvalue weighted by Crippen LogP contribution is -2.48. The third-order valence-electron chi connectivity index (χ3n) is 6.94. The third kappa shape index (κ3) is 4.86. The Bertz CT molecular complexity index is 1420. The lowest BCUT2D eigenvalue weighted by Gasteiger charge is -2.36. The number of fused-ring (bicyclic) bond motifs is 1. The number of rotatable bonds is 5. The first-order valence-corrected chi connectivity index (χ1v) is 13.7. The Morgan fingerprint density at radius 2 is 1.67 bits per heavy atom. The summed E-state index contributed by atoms with van der Waals surface area (Å²) in [5.74, 6) is -0.0457. The summed E-state index contributed by atoms with van der Waals surface area (Å²) in [7, 11) is -3.81. The maximum atomic E-state index is 13.1. The minimum Gasteiger partial charge on any atom is -0.368 e. The molecule has 186 valence electrons. The van der Waals surface area contributed by atoms with Gasteiger partial charge in [-0.25, -0.2) is 8.42 Å². The molecule has 7 nitrogen and oxygen atoms in total. The average Bonchev–Trinajstić information content (AvgIpc) is 2.90. The zero-order valence-corrected chi connectivity index (χ0v) is 21.4. The number of nitrogens with one attached hydrogen (secondary N) is 1. The molecule has 0 unspecified atom stereocenters. The van der Waals surface area contributed by atoms with Crippen molar-refractivity contribution in [3.63, 3.8) is 0 Å². The van der Waals surface area contributed by atoms with Crippen LogP contribution in [0.4, 0.5) is 17.1 Å². The van der Waals surface area contributed by atoms with Gasteiger partial charge in [-0.1, -0.05) is 18.2 Å². The van der Waals surface area contributed by atoms with Crippen LogP contribution in [0.5, 0.6) is 0 Å². The first-order valence-electron chi connectivity index (χ1n) is 12.2. The van der Waals surface area contributed by atoms with Crippen molar-refractivity contribution >= 4 is 39.2 Å². The van der Waals surface area contributed by atoms with Crippen LogP contribution in [-0.4, -0.2) is 51.6 Å². The number of sulfonamides is 1. The van der Waals surface area contributed by atoms with E-state index in [9.17, 15) is 13.2 Å². The van der Waals surface area contributed by atoms with Gasteiger partial charge < -0.3 is 9.80 Å². The average molecular weight is 503 g/mol. The van der Waals surface area contributed by atoms with E-state index in [1.807, 2.05) is 11.0 Å². The van der Waals surface area contributed by atoms with E-state index in [1.54, 1.807) is 42.6 Å². The zero-order valence-electron chi connectivity index (χ0n) is 20.6. The maximum absolute atomic E-state index is 13.1. The second-order valence-electron chi connectivity index (χ2n) is 9.34. The number of anilines is 2. The van der Waals surface area contributed by atoms with Crippen molar-refractivity contribution in [2.24, 2.45) is 4.99 Å². The number of hydrogen-bond donors (Lipinski definition) is 1. The molecule has 0 aromatic heterocycles. The molecule has 2 aliphatic heterocycles. The van der Waals surface area contributed by atoms with Gasteiger partial charge >= 0.3 is 0 Å². The molecule has 3 aromatic carbocycles. The fourth-order valence-electron chi connectivity index (χ4n) is 4.67. The lowest BCUT2D eigenvalue weighted by molar-refractivity contribution is 0.0747. The van der Waals surface area contributed by atoms with Crippen molar-refractivity contribution in [3.8, 4) is 0 Å². The molecule has 1 amide bonds. The quantitative estimate of drug-likeness (QED) is 0.548. The van der Waals surface area contributed by atoms with Gasteiger partial charge in [-0.3, -0.25) is 14.5 Å². The first-order chi connectivity index (χ1) is 17.3. The Hall–Kier alpha value is -3.65. The number of nitrogens with zero attached hydrogens (tertiary/aromatic N) is 3. The zero-order chi connectivity index (χ0) is 25.3. The number of amides is 1. The predicted molar refractivity (Wildman–Crippen MR) is 144 cm³/mol. The number of hydrogen-bond acceptors (Lipinski definition) is 5. The summed E-state index contributed by atoms with van der Waals surface area (Å²) in [5, 5.41) is 0. The lowest BCUT2D eigenvalue weighted by atomic mass is 10.1. The van der Waals surface area contributed by atoms with E-state index in [0.29, 0.717) is 30.0 Å². The summed E-state index contributed by atoms with van der Waals surface area (Å²) < 4.78 is 28.8. The molecular weight excluding hydrogens is 472 g/mol. The molecule has 0 radical (unpaired) electrons. The minimum atomic E-state index is -3.81. The van der Waals surface area contributed by atoms with Gasteiger partial charge in [0.15, 0.2) is 0 Å². The number of piperazine rings is 1. The van der Waals surface area contributed by atoms with Crippen LogP contribution in [0.2, 0.25) is 0 Å². The summed E-state index contributed by atoms with van der Waals surface area (Å²) >= 11 is 0. The van der Waals surface area contributed by atoms with Crippen molar-refractivity contribution in [1.82, 2.24) is 4.90 Å². The van der Waals surface area contributed by atoms with Gasteiger partial charge in [0.05, 0.1) is 5.69 Å². The highest BCUT2D eigenvalue weighted by Gasteiger charge is 2.24. The van der Waals surface area contributed by atoms with Gasteiger partial charge in [-0.15, -0.1) is 0 Å². The van der Waals surface area contributed by atoms with Crippen molar-refractivity contribution in [3.05, 3.63) is 82.9 Å². The Balaban J connectivity index is 1.23. The van der Waals surface area contributed by atoms with Crippen LogP contribution in [0.25, 0.3) is 0 Å². The van der Waals surface area contributed by atoms with Crippen LogP contribution >= 0.6 is 0 Å². The van der Waals surface area contributed by atoms with Crippen molar-refractivity contribution in [1.29, 1.82) is 0 Å². The molecule has 0 aliphatic carbocycles. The van der Waals surface area contributed by atoms with Gasteiger partial charge in [0, 0.05) is 49.3 Å². The number of benzene rings is 3. The molecule has 0 spiro atoms. The smallest absolute Gasteiger partial charge is 0.264 e. The number of para-hydroxylation sites is 1. The van der Waals surface area contributed by atoms with Gasteiger partial charge in [0.25, 0.3) is 15.9 Å². The van der Waals surface area contributed by atoms with E-state index in [2.05, 4.69) is 46.7 Å². The summed E-state index contributed by atoms with van der Waals surface area (Å²) in [6, 6.07) is 18.3. The number of aryl methyl sites for hydroxylation is 3. The van der Waals surface area contributed by atoms with E-state index < -0.39 is 10.0 Å². The van der Waals surface area contributed by atoms with E-state index >= 15 is 0 Å². The second-order valence-corrected chi connectivity index (χ2v) is 11.0. The van der Waals surface area contributed by atoms with Gasteiger partial charge in [0.2, 0.25) is 0 Å². The van der Waals surface area contributed by atoms with Crippen LogP contribution < -0.4 is 9.62 Å². The molecule has 36 heavy (non-hydrogen) atoms. The molecule has 3 aromatic rings. The monoisotopic (exact) mass is 502 g/mol. The fourth-order valence-corrected chi connectivity index (χ4v) is 5.92. The molecule has 1 saturated heterocycles. The first kappa shape index (κ1) is 24.1. The molecular formula is C28H30N4O3S. The Kier molecular flexibility index (Phi) is 6.53. The molecule has 2 aliphatic rings. The minimum absolute atomic E-state index is 0.0457. The van der Waals surface area contributed by atoms with Gasteiger partial charge in [-0.2, -0.15) is 0 Å². The van der Waals surface area contributed by atoms with Crippen LogP contribution in [-0.2, 0) is 16.4 Å². The maximum Gasteiger partial charge on any atom is 0.264 e. The largest absolute Gasteiger partial charge is 0.368 e. The van der Waals surface area contributed by atoms with E-state index in [0.717, 1.165) is 31.5 Å². The highest BCUT2D eigenvalue weighted by Crippen LogP contribution is 2.32. The highest BCUT2D eigenvalue weighted by atomic mass is 32.2. The van der Waals surface area contributed by atoms with E-state index in [1.165, 1.54) is 16.8 Å². The molecule has 1 N–H and O–H groups in total. The van der Waals surface area contributed by atoms with E-state index in [-0.39, 0.29) is 10.8 Å². The predicted octanol–water partition coefficient (Wildman–Crippen LogP) is 4.72. The standard InChI is InChI=1S/C28H30N4O3S/c1-20-8-13-25(19-21(20)2)31-15-17-32(18-16-31)28(33)23-9-11-24(12-10-23)30-36(34,35)26-7-3-5-22-6-4-14-29-27(22)26/h3,5,7-14,19,30H,4,6,15-18H2,1-2H3. The third-order valence-corrected chi connectivity index (χ3v) is 8.35. The molecule has 8 heteroatoms. The van der Waals surface area contributed by atoms with Crippen LogP contribution in [0, 0.1) is 13.8 Å². The fraction of sp³-hybridized carbons (Fsp3) is 0.286.